The van der Waals surface area contributed by atoms with Crippen molar-refractivity contribution in [2.45, 2.75) is 62.9 Å². The lowest BCUT2D eigenvalue weighted by Gasteiger charge is -2.18. The van der Waals surface area contributed by atoms with E-state index in [0.29, 0.717) is 11.8 Å². The van der Waals surface area contributed by atoms with Crippen molar-refractivity contribution < 1.29 is 68.7 Å². The molecule has 0 bridgehead atoms. The smallest absolute Gasteiger partial charge is 0.322 e. The van der Waals surface area contributed by atoms with Gasteiger partial charge in [0.25, 0.3) is 0 Å². The molecule has 0 radical (unpaired) electrons. The first-order chi connectivity index (χ1) is 20.8. The number of aliphatic carboxylic acids is 4. The lowest BCUT2D eigenvalue weighted by molar-refractivity contribution is -0.140. The molecule has 45 heavy (non-hydrogen) atoms. The van der Waals surface area contributed by atoms with Gasteiger partial charge in [-0.05, 0) is 19.8 Å². The predicted molar refractivity (Wildman–Crippen MR) is 158 cm³/mol. The number of carboxylic acids is 4. The van der Waals surface area contributed by atoms with E-state index in [1.807, 2.05) is 0 Å². The molecule has 0 aliphatic rings. The van der Waals surface area contributed by atoms with Crippen molar-refractivity contribution in [2.75, 3.05) is 24.6 Å². The maximum atomic E-state index is 11.9. The first-order valence-corrected chi connectivity index (χ1v) is 14.4. The molecule has 0 aromatic carbocycles. The molecule has 1 unspecified atom stereocenters. The number of nitrogens with one attached hydrogen (secondary N) is 4. The van der Waals surface area contributed by atoms with E-state index >= 15 is 0 Å². The van der Waals surface area contributed by atoms with E-state index in [2.05, 4.69) is 33.9 Å². The second-order valence-corrected chi connectivity index (χ2v) is 10.3. The molecular weight excluding hydrogens is 648 g/mol. The van der Waals surface area contributed by atoms with Gasteiger partial charge in [-0.1, -0.05) is 11.8 Å². The first-order valence-electron chi connectivity index (χ1n) is 12.8. The third-order valence-corrected chi connectivity index (χ3v) is 6.54. The highest BCUT2D eigenvalue weighted by Crippen LogP contribution is 2.09. The minimum absolute atomic E-state index is 0.0256. The molecule has 256 valence electrons. The zero-order valence-corrected chi connectivity index (χ0v) is 25.7. The molecule has 22 heteroatoms. The molecule has 0 heterocycles. The summed E-state index contributed by atoms with van der Waals surface area (Å²) >= 11 is 4.47. The van der Waals surface area contributed by atoms with Crippen molar-refractivity contribution in [3.05, 3.63) is 0 Å². The Balaban J connectivity index is 0. The quantitative estimate of drug-likeness (QED) is 0.0535. The van der Waals surface area contributed by atoms with Gasteiger partial charge in [0, 0.05) is 24.3 Å². The summed E-state index contributed by atoms with van der Waals surface area (Å²) in [6, 6.07) is -4.63. The van der Waals surface area contributed by atoms with Crippen molar-refractivity contribution in [3.63, 3.8) is 0 Å². The van der Waals surface area contributed by atoms with Gasteiger partial charge in [0.1, 0.15) is 43.4 Å². The zero-order valence-electron chi connectivity index (χ0n) is 24.0. The Hall–Kier alpha value is -3.99. The average Bonchev–Trinajstić information content (AvgIpc) is 2.96. The lowest BCUT2D eigenvalue weighted by Crippen LogP contribution is -2.49. The summed E-state index contributed by atoms with van der Waals surface area (Å²) < 4.78 is 0. The number of hydrogen-bond acceptors (Lipinski definition) is 14. The van der Waals surface area contributed by atoms with Crippen molar-refractivity contribution in [1.82, 2.24) is 21.3 Å². The largest absolute Gasteiger partial charge is 0.480 e. The number of amides is 4. The Bertz CT molecular complexity index is 1080. The molecule has 0 aromatic heterocycles. The van der Waals surface area contributed by atoms with Gasteiger partial charge in [-0.15, -0.1) is 0 Å². The van der Waals surface area contributed by atoms with Gasteiger partial charge < -0.3 is 58.3 Å². The molecule has 0 saturated heterocycles. The standard InChI is InChI=1S/C13H21N3O8S.C10H17N3O6S/c1-6(17)13(24)25-5-8(11(21)15-4-10(19)20)16-9(18)3-2-7(14)12(22)23;11-5(10(18)19)1-2-7(14)13-6(4-20)9(17)12-3-8(15)16/h6-8,17H,2-5,14H2,1H3,(H,15,21)(H,16,18)(H,19,20)(H,22,23);5-6,20H,1-4,11H2,(H,12,17)(H,13,14)(H,15,16)(H,18,19)/t6?,7-,8-;5-,6-/m00/s1. The third kappa shape index (κ3) is 22.2. The molecule has 13 N–H and O–H groups in total. The van der Waals surface area contributed by atoms with Crippen molar-refractivity contribution in [1.29, 1.82) is 0 Å². The number of carbonyl (C=O) groups is 9. The molecular formula is C23H38N6O14S2. The number of aliphatic hydroxyl groups excluding tert-OH is 1. The number of hydrogen-bond donors (Lipinski definition) is 12. The van der Waals surface area contributed by atoms with Gasteiger partial charge in [0.2, 0.25) is 28.7 Å². The molecule has 0 rings (SSSR count). The number of carboxylic acid groups (broad SMARTS) is 4. The summed E-state index contributed by atoms with van der Waals surface area (Å²) in [5, 5.41) is 51.4. The number of thioether (sulfide) groups is 1. The molecule has 0 spiro atoms. The van der Waals surface area contributed by atoms with Crippen molar-refractivity contribution in [3.8, 4) is 0 Å². The number of thiol groups is 1. The fourth-order valence-electron chi connectivity index (χ4n) is 2.59. The number of rotatable bonds is 20. The fraction of sp³-hybridized carbons (Fsp3) is 0.609. The minimum Gasteiger partial charge on any atom is -0.480 e. The van der Waals surface area contributed by atoms with Gasteiger partial charge in [0.15, 0.2) is 0 Å². The molecule has 0 fully saturated rings. The number of aliphatic hydroxyl groups is 1. The van der Waals surface area contributed by atoms with Crippen molar-refractivity contribution in [2.24, 2.45) is 11.5 Å². The summed E-state index contributed by atoms with van der Waals surface area (Å²) in [5.41, 5.74) is 10.5. The van der Waals surface area contributed by atoms with Crippen LogP contribution in [0, 0.1) is 0 Å². The van der Waals surface area contributed by atoms with Crippen LogP contribution in [0.15, 0.2) is 0 Å². The zero-order chi connectivity index (χ0) is 35.3. The summed E-state index contributed by atoms with van der Waals surface area (Å²) in [6.07, 6.45) is -1.94. The maximum absolute atomic E-state index is 11.9. The SMILES string of the molecule is CC(O)C(=O)SC[C@H](NC(=O)CC[C@H](N)C(=O)O)C(=O)NCC(=O)O.N[C@@H](CCC(=O)N[C@@H](CS)C(=O)NCC(=O)O)C(=O)O. The van der Waals surface area contributed by atoms with E-state index in [0.717, 1.165) is 0 Å². The second kappa shape index (κ2) is 23.4. The molecule has 0 aliphatic carbocycles. The second-order valence-electron chi connectivity index (χ2n) is 8.92. The maximum Gasteiger partial charge on any atom is 0.322 e. The first kappa shape index (κ1) is 43.1. The fourth-order valence-corrected chi connectivity index (χ4v) is 3.65. The Kier molecular flexibility index (Phi) is 22.4. The van der Waals surface area contributed by atoms with Crippen LogP contribution in [0.25, 0.3) is 0 Å². The molecule has 5 atom stereocenters. The van der Waals surface area contributed by atoms with Crippen LogP contribution in [0.4, 0.5) is 0 Å². The summed E-state index contributed by atoms with van der Waals surface area (Å²) in [6.45, 7) is -0.00626. The Morgan fingerprint density at radius 2 is 1.09 bits per heavy atom. The summed E-state index contributed by atoms with van der Waals surface area (Å²) in [7, 11) is 0. The van der Waals surface area contributed by atoms with Gasteiger partial charge in [-0.3, -0.25) is 43.2 Å². The lowest BCUT2D eigenvalue weighted by atomic mass is 10.1. The summed E-state index contributed by atoms with van der Waals surface area (Å²) in [5.74, 6) is -8.02. The summed E-state index contributed by atoms with van der Waals surface area (Å²) in [4.78, 5) is 99.9. The van der Waals surface area contributed by atoms with Crippen LogP contribution in [-0.4, -0.2) is 133 Å². The van der Waals surface area contributed by atoms with E-state index in [1.165, 1.54) is 6.92 Å². The highest BCUT2D eigenvalue weighted by atomic mass is 32.2. The van der Waals surface area contributed by atoms with Crippen LogP contribution in [0.3, 0.4) is 0 Å². The van der Waals surface area contributed by atoms with Crippen LogP contribution < -0.4 is 32.7 Å². The van der Waals surface area contributed by atoms with E-state index in [9.17, 15) is 43.2 Å². The van der Waals surface area contributed by atoms with E-state index in [-0.39, 0.29) is 37.2 Å². The van der Waals surface area contributed by atoms with Gasteiger partial charge in [0.05, 0.1) is 0 Å². The van der Waals surface area contributed by atoms with E-state index in [4.69, 9.17) is 37.0 Å². The normalized spacial score (nSPS) is 13.6. The Labute approximate surface area is 265 Å². The predicted octanol–water partition coefficient (Wildman–Crippen LogP) is -4.70. The molecule has 0 aromatic rings. The highest BCUT2D eigenvalue weighted by Gasteiger charge is 2.25. The van der Waals surface area contributed by atoms with Gasteiger partial charge >= 0.3 is 23.9 Å². The number of nitrogens with two attached hydrogens (primary N) is 2. The highest BCUT2D eigenvalue weighted by molar-refractivity contribution is 8.13. The average molecular weight is 687 g/mol. The van der Waals surface area contributed by atoms with Crippen LogP contribution in [0.1, 0.15) is 32.6 Å². The number of carbonyl (C=O) groups excluding carboxylic acids is 5. The molecule has 0 aliphatic heterocycles. The molecule has 20 nitrogen and oxygen atoms in total. The third-order valence-electron chi connectivity index (χ3n) is 5.05. The van der Waals surface area contributed by atoms with Crippen LogP contribution >= 0.6 is 24.4 Å². The minimum atomic E-state index is -1.29. The topological polar surface area (TPSA) is 355 Å². The Morgan fingerprint density at radius 3 is 1.42 bits per heavy atom. The van der Waals surface area contributed by atoms with Gasteiger partial charge in [-0.25, -0.2) is 0 Å². The van der Waals surface area contributed by atoms with Crippen LogP contribution in [0.2, 0.25) is 0 Å². The molecule has 4 amide bonds. The Morgan fingerprint density at radius 1 is 0.711 bits per heavy atom. The molecule has 0 saturated carbocycles. The monoisotopic (exact) mass is 686 g/mol. The van der Waals surface area contributed by atoms with E-state index < -0.39 is 96.0 Å². The van der Waals surface area contributed by atoms with E-state index in [1.54, 1.807) is 0 Å². The van der Waals surface area contributed by atoms with Gasteiger partial charge in [-0.2, -0.15) is 12.6 Å². The van der Waals surface area contributed by atoms with Crippen LogP contribution in [0.5, 0.6) is 0 Å². The van der Waals surface area contributed by atoms with Crippen molar-refractivity contribution >= 4 is 77.0 Å². The van der Waals surface area contributed by atoms with Crippen LogP contribution in [-0.2, 0) is 43.2 Å².